The monoisotopic (exact) mass is 172 g/mol. The minimum atomic E-state index is 0.722. The number of carbonyl (C=O) groups excluding carboxylic acids is 1. The van der Waals surface area contributed by atoms with Crippen molar-refractivity contribution in [3.63, 3.8) is 0 Å². The van der Waals surface area contributed by atoms with E-state index in [-0.39, 0.29) is 0 Å². The summed E-state index contributed by atoms with van der Waals surface area (Å²) in [4.78, 5) is 10.7. The van der Waals surface area contributed by atoms with Gasteiger partial charge in [0.15, 0.2) is 6.29 Å². The molecule has 1 nitrogen and oxygen atoms in total. The highest BCUT2D eigenvalue weighted by atomic mass is 16.1. The molecule has 0 radical (unpaired) electrons. The van der Waals surface area contributed by atoms with Crippen LogP contribution in [0.25, 0.3) is 6.08 Å². The van der Waals surface area contributed by atoms with Gasteiger partial charge in [-0.05, 0) is 17.9 Å². The molecule has 1 heteroatoms. The third kappa shape index (κ3) is 1.69. The van der Waals surface area contributed by atoms with Crippen molar-refractivity contribution >= 4 is 12.4 Å². The van der Waals surface area contributed by atoms with Crippen LogP contribution < -0.4 is 0 Å². The minimum Gasteiger partial charge on any atom is -0.298 e. The van der Waals surface area contributed by atoms with Gasteiger partial charge < -0.3 is 0 Å². The van der Waals surface area contributed by atoms with E-state index < -0.39 is 0 Å². The molecule has 0 N–H and O–H groups in total. The number of carbonyl (C=O) groups is 1. The van der Waals surface area contributed by atoms with Gasteiger partial charge in [-0.15, -0.1) is 0 Å². The van der Waals surface area contributed by atoms with Crippen LogP contribution in [0, 0.1) is 5.92 Å². The number of hydrogen-bond donors (Lipinski definition) is 0. The average molecular weight is 172 g/mol. The second-order valence-electron chi connectivity index (χ2n) is 3.57. The summed E-state index contributed by atoms with van der Waals surface area (Å²) >= 11 is 0. The number of rotatable bonds is 2. The van der Waals surface area contributed by atoms with Gasteiger partial charge in [-0.3, -0.25) is 4.79 Å². The molecule has 0 spiro atoms. The molecular formula is C12H12O. The molecule has 1 aliphatic rings. The Morgan fingerprint density at radius 1 is 1.31 bits per heavy atom. The Morgan fingerprint density at radius 3 is 2.46 bits per heavy atom. The standard InChI is InChI=1S/C12H12O/c1-9-6-12(9)7-10-4-2-3-5-11(10)8-13/h2-5,7-9H,6H2,1H3/b12-7+. The predicted molar refractivity (Wildman–Crippen MR) is 53.6 cm³/mol. The van der Waals surface area contributed by atoms with E-state index in [2.05, 4.69) is 13.0 Å². The van der Waals surface area contributed by atoms with Gasteiger partial charge in [0.05, 0.1) is 0 Å². The van der Waals surface area contributed by atoms with Crippen molar-refractivity contribution in [1.82, 2.24) is 0 Å². The molecule has 1 aromatic carbocycles. The van der Waals surface area contributed by atoms with Gasteiger partial charge in [-0.25, -0.2) is 0 Å². The lowest BCUT2D eigenvalue weighted by atomic mass is 10.1. The lowest BCUT2D eigenvalue weighted by molar-refractivity contribution is 0.112. The summed E-state index contributed by atoms with van der Waals surface area (Å²) in [6.07, 6.45) is 4.24. The normalized spacial score (nSPS) is 23.2. The zero-order valence-electron chi connectivity index (χ0n) is 7.66. The fourth-order valence-electron chi connectivity index (χ4n) is 1.45. The van der Waals surface area contributed by atoms with Crippen molar-refractivity contribution in [2.75, 3.05) is 0 Å². The zero-order chi connectivity index (χ0) is 9.26. The summed E-state index contributed by atoms with van der Waals surface area (Å²) in [7, 11) is 0. The Labute approximate surface area is 78.1 Å². The van der Waals surface area contributed by atoms with Gasteiger partial charge in [-0.2, -0.15) is 0 Å². The van der Waals surface area contributed by atoms with Crippen molar-refractivity contribution in [1.29, 1.82) is 0 Å². The van der Waals surface area contributed by atoms with Gasteiger partial charge in [0, 0.05) is 5.56 Å². The summed E-state index contributed by atoms with van der Waals surface area (Å²) in [5, 5.41) is 0. The molecule has 13 heavy (non-hydrogen) atoms. The van der Waals surface area contributed by atoms with Gasteiger partial charge in [0.25, 0.3) is 0 Å². The van der Waals surface area contributed by atoms with Gasteiger partial charge >= 0.3 is 0 Å². The van der Waals surface area contributed by atoms with Crippen molar-refractivity contribution < 1.29 is 4.79 Å². The van der Waals surface area contributed by atoms with E-state index in [4.69, 9.17) is 0 Å². The Hall–Kier alpha value is -1.37. The fourth-order valence-corrected chi connectivity index (χ4v) is 1.45. The molecule has 0 saturated heterocycles. The highest BCUT2D eigenvalue weighted by Crippen LogP contribution is 2.38. The molecule has 1 atom stereocenters. The van der Waals surface area contributed by atoms with E-state index in [1.54, 1.807) is 0 Å². The van der Waals surface area contributed by atoms with Gasteiger partial charge in [-0.1, -0.05) is 42.8 Å². The molecule has 0 aliphatic heterocycles. The summed E-state index contributed by atoms with van der Waals surface area (Å²) in [6.45, 7) is 2.20. The molecule has 1 unspecified atom stereocenters. The number of aldehydes is 1. The van der Waals surface area contributed by atoms with Crippen LogP contribution >= 0.6 is 0 Å². The Morgan fingerprint density at radius 2 is 1.92 bits per heavy atom. The van der Waals surface area contributed by atoms with Crippen LogP contribution in [-0.4, -0.2) is 6.29 Å². The molecule has 1 aromatic rings. The molecule has 0 aromatic heterocycles. The third-order valence-electron chi connectivity index (χ3n) is 2.48. The summed E-state index contributed by atoms with van der Waals surface area (Å²) in [5.41, 5.74) is 3.29. The fraction of sp³-hybridized carbons (Fsp3) is 0.250. The zero-order valence-corrected chi connectivity index (χ0v) is 7.66. The number of benzene rings is 1. The van der Waals surface area contributed by atoms with Crippen LogP contribution in [0.2, 0.25) is 0 Å². The van der Waals surface area contributed by atoms with E-state index >= 15 is 0 Å². The van der Waals surface area contributed by atoms with E-state index in [0.29, 0.717) is 0 Å². The van der Waals surface area contributed by atoms with E-state index in [1.807, 2.05) is 24.3 Å². The molecule has 0 heterocycles. The smallest absolute Gasteiger partial charge is 0.150 e. The lowest BCUT2D eigenvalue weighted by Gasteiger charge is -1.96. The highest BCUT2D eigenvalue weighted by molar-refractivity contribution is 5.82. The molecule has 2 rings (SSSR count). The topological polar surface area (TPSA) is 17.1 Å². The first kappa shape index (κ1) is 8.24. The first-order chi connectivity index (χ1) is 6.31. The first-order valence-corrected chi connectivity index (χ1v) is 4.56. The lowest BCUT2D eigenvalue weighted by Crippen LogP contribution is -1.83. The maximum Gasteiger partial charge on any atom is 0.150 e. The summed E-state index contributed by atoms with van der Waals surface area (Å²) < 4.78 is 0. The highest BCUT2D eigenvalue weighted by Gasteiger charge is 2.23. The molecule has 0 amide bonds. The van der Waals surface area contributed by atoms with E-state index in [9.17, 15) is 4.79 Å². The number of hydrogen-bond acceptors (Lipinski definition) is 1. The van der Waals surface area contributed by atoms with Crippen molar-refractivity contribution in [3.8, 4) is 0 Å². The van der Waals surface area contributed by atoms with Crippen molar-refractivity contribution in [3.05, 3.63) is 41.0 Å². The second-order valence-corrected chi connectivity index (χ2v) is 3.57. The molecular weight excluding hydrogens is 160 g/mol. The summed E-state index contributed by atoms with van der Waals surface area (Å²) in [5.74, 6) is 0.722. The summed E-state index contributed by atoms with van der Waals surface area (Å²) in [6, 6.07) is 7.70. The molecule has 0 bridgehead atoms. The van der Waals surface area contributed by atoms with Crippen molar-refractivity contribution in [2.24, 2.45) is 5.92 Å². The average Bonchev–Trinajstić information content (AvgIpc) is 2.83. The third-order valence-corrected chi connectivity index (χ3v) is 2.48. The second kappa shape index (κ2) is 3.17. The van der Waals surface area contributed by atoms with Gasteiger partial charge in [0.1, 0.15) is 0 Å². The van der Waals surface area contributed by atoms with Crippen LogP contribution in [-0.2, 0) is 0 Å². The minimum absolute atomic E-state index is 0.722. The van der Waals surface area contributed by atoms with Crippen LogP contribution in [0.5, 0.6) is 0 Å². The maximum atomic E-state index is 10.7. The quantitative estimate of drug-likeness (QED) is 0.627. The van der Waals surface area contributed by atoms with Crippen LogP contribution in [0.1, 0.15) is 29.3 Å². The SMILES string of the molecule is CC1C/C1=C\c1ccccc1C=O. The van der Waals surface area contributed by atoms with Crippen LogP contribution in [0.15, 0.2) is 29.8 Å². The largest absolute Gasteiger partial charge is 0.298 e. The predicted octanol–water partition coefficient (Wildman–Crippen LogP) is 2.92. The van der Waals surface area contributed by atoms with Crippen LogP contribution in [0.3, 0.4) is 0 Å². The van der Waals surface area contributed by atoms with Crippen LogP contribution in [0.4, 0.5) is 0 Å². The Kier molecular flexibility index (Phi) is 2.01. The van der Waals surface area contributed by atoms with E-state index in [0.717, 1.165) is 23.3 Å². The first-order valence-electron chi connectivity index (χ1n) is 4.56. The van der Waals surface area contributed by atoms with E-state index in [1.165, 1.54) is 12.0 Å². The Bertz CT molecular complexity index is 363. The maximum absolute atomic E-state index is 10.7. The number of allylic oxidation sites excluding steroid dienone is 1. The Balaban J connectivity index is 2.34. The van der Waals surface area contributed by atoms with Gasteiger partial charge in [0.2, 0.25) is 0 Å². The molecule has 1 fully saturated rings. The van der Waals surface area contributed by atoms with Crippen molar-refractivity contribution in [2.45, 2.75) is 13.3 Å². The molecule has 66 valence electrons. The molecule has 1 saturated carbocycles. The molecule has 1 aliphatic carbocycles.